The van der Waals surface area contributed by atoms with Crippen molar-refractivity contribution < 1.29 is 18.3 Å². The third kappa shape index (κ3) is 3.50. The third-order valence-electron chi connectivity index (χ3n) is 3.49. The maximum atomic E-state index is 12.4. The molecule has 0 spiro atoms. The first-order valence-corrected chi connectivity index (χ1v) is 8.19. The summed E-state index contributed by atoms with van der Waals surface area (Å²) in [7, 11) is -3.50. The molecule has 0 amide bonds. The minimum Gasteiger partial charge on any atom is -0.481 e. The molecule has 1 fully saturated rings. The number of piperidine rings is 1. The second kappa shape index (κ2) is 6.11. The Labute approximate surface area is 123 Å². The molecule has 1 N–H and O–H groups in total. The molecule has 1 aromatic rings. The van der Waals surface area contributed by atoms with Crippen LogP contribution < -0.4 is 0 Å². The molecule has 0 aromatic heterocycles. The van der Waals surface area contributed by atoms with Crippen molar-refractivity contribution in [3.05, 3.63) is 29.3 Å². The van der Waals surface area contributed by atoms with Gasteiger partial charge in [0.2, 0.25) is 10.0 Å². The predicted molar refractivity (Wildman–Crippen MR) is 75.2 cm³/mol. The van der Waals surface area contributed by atoms with E-state index in [-0.39, 0.29) is 17.2 Å². The van der Waals surface area contributed by atoms with Gasteiger partial charge in [0.05, 0.1) is 4.90 Å². The van der Waals surface area contributed by atoms with Crippen LogP contribution in [0.2, 0.25) is 5.02 Å². The molecule has 1 saturated heterocycles. The Morgan fingerprint density at radius 2 is 1.80 bits per heavy atom. The molecule has 2 rings (SSSR count). The monoisotopic (exact) mass is 317 g/mol. The molecule has 0 radical (unpaired) electrons. The second-order valence-electron chi connectivity index (χ2n) is 4.90. The van der Waals surface area contributed by atoms with Crippen LogP contribution in [0.15, 0.2) is 29.2 Å². The van der Waals surface area contributed by atoms with E-state index < -0.39 is 16.0 Å². The number of carboxylic acids is 1. The van der Waals surface area contributed by atoms with E-state index >= 15 is 0 Å². The van der Waals surface area contributed by atoms with Crippen molar-refractivity contribution in [2.24, 2.45) is 5.92 Å². The average Bonchev–Trinajstić information content (AvgIpc) is 2.39. The Morgan fingerprint density at radius 1 is 1.25 bits per heavy atom. The molecule has 0 bridgehead atoms. The van der Waals surface area contributed by atoms with E-state index in [1.54, 1.807) is 12.1 Å². The van der Waals surface area contributed by atoms with E-state index in [0.29, 0.717) is 31.0 Å². The summed E-state index contributed by atoms with van der Waals surface area (Å²) in [6.45, 7) is 0.728. The lowest BCUT2D eigenvalue weighted by atomic mass is 9.95. The van der Waals surface area contributed by atoms with Gasteiger partial charge < -0.3 is 5.11 Å². The second-order valence-corrected chi connectivity index (χ2v) is 7.27. The van der Waals surface area contributed by atoms with E-state index in [9.17, 15) is 13.2 Å². The standard InChI is InChI=1S/C13H16ClNO4S/c14-11-1-3-12(4-2-11)20(18,19)15-7-5-10(6-8-15)9-13(16)17/h1-4,10H,5-9H2,(H,16,17). The summed E-state index contributed by atoms with van der Waals surface area (Å²) < 4.78 is 26.2. The van der Waals surface area contributed by atoms with E-state index in [4.69, 9.17) is 16.7 Å². The molecule has 0 atom stereocenters. The Bertz CT molecular complexity index is 577. The highest BCUT2D eigenvalue weighted by Crippen LogP contribution is 2.26. The lowest BCUT2D eigenvalue weighted by Crippen LogP contribution is -2.38. The van der Waals surface area contributed by atoms with Crippen molar-refractivity contribution in [1.29, 1.82) is 0 Å². The fourth-order valence-corrected chi connectivity index (χ4v) is 3.95. The molecule has 1 aliphatic heterocycles. The smallest absolute Gasteiger partial charge is 0.303 e. The van der Waals surface area contributed by atoms with Crippen LogP contribution in [0.3, 0.4) is 0 Å². The number of carboxylic acid groups (broad SMARTS) is 1. The van der Waals surface area contributed by atoms with Gasteiger partial charge >= 0.3 is 5.97 Å². The fourth-order valence-electron chi connectivity index (χ4n) is 2.36. The van der Waals surface area contributed by atoms with Gasteiger partial charge in [-0.05, 0) is 43.0 Å². The largest absolute Gasteiger partial charge is 0.481 e. The Balaban J connectivity index is 2.05. The van der Waals surface area contributed by atoms with Crippen LogP contribution in [0.1, 0.15) is 19.3 Å². The molecule has 110 valence electrons. The molecule has 1 aromatic carbocycles. The number of carbonyl (C=O) groups is 1. The number of halogens is 1. The normalized spacial score (nSPS) is 18.1. The van der Waals surface area contributed by atoms with E-state index in [0.717, 1.165) is 0 Å². The number of sulfonamides is 1. The highest BCUT2D eigenvalue weighted by Gasteiger charge is 2.29. The topological polar surface area (TPSA) is 74.7 Å². The Morgan fingerprint density at radius 3 is 2.30 bits per heavy atom. The molecule has 0 aliphatic carbocycles. The third-order valence-corrected chi connectivity index (χ3v) is 5.65. The van der Waals surface area contributed by atoms with Gasteiger partial charge in [-0.1, -0.05) is 11.6 Å². The SMILES string of the molecule is O=C(O)CC1CCN(S(=O)(=O)c2ccc(Cl)cc2)CC1. The van der Waals surface area contributed by atoms with Gasteiger partial charge in [0, 0.05) is 24.5 Å². The summed E-state index contributed by atoms with van der Waals surface area (Å²) in [5.41, 5.74) is 0. The van der Waals surface area contributed by atoms with Crippen molar-refractivity contribution in [2.45, 2.75) is 24.2 Å². The first-order chi connectivity index (χ1) is 9.39. The maximum absolute atomic E-state index is 12.4. The Hall–Kier alpha value is -1.11. The van der Waals surface area contributed by atoms with E-state index in [1.165, 1.54) is 16.4 Å². The van der Waals surface area contributed by atoms with Crippen molar-refractivity contribution in [1.82, 2.24) is 4.31 Å². The molecule has 20 heavy (non-hydrogen) atoms. The summed E-state index contributed by atoms with van der Waals surface area (Å²) in [4.78, 5) is 10.9. The van der Waals surface area contributed by atoms with Crippen molar-refractivity contribution in [3.8, 4) is 0 Å². The van der Waals surface area contributed by atoms with Crippen molar-refractivity contribution in [2.75, 3.05) is 13.1 Å². The summed E-state index contributed by atoms with van der Waals surface area (Å²) in [6, 6.07) is 6.07. The minimum atomic E-state index is -3.50. The van der Waals surface area contributed by atoms with Gasteiger partial charge in [-0.2, -0.15) is 4.31 Å². The summed E-state index contributed by atoms with van der Waals surface area (Å²) >= 11 is 5.75. The van der Waals surface area contributed by atoms with Crippen molar-refractivity contribution in [3.63, 3.8) is 0 Å². The van der Waals surface area contributed by atoms with Crippen LogP contribution in [0, 0.1) is 5.92 Å². The van der Waals surface area contributed by atoms with Crippen LogP contribution in [-0.2, 0) is 14.8 Å². The molecule has 5 nitrogen and oxygen atoms in total. The highest BCUT2D eigenvalue weighted by molar-refractivity contribution is 7.89. The first-order valence-electron chi connectivity index (χ1n) is 6.37. The lowest BCUT2D eigenvalue weighted by molar-refractivity contribution is -0.138. The van der Waals surface area contributed by atoms with Gasteiger partial charge in [0.1, 0.15) is 0 Å². The zero-order valence-corrected chi connectivity index (χ0v) is 12.4. The minimum absolute atomic E-state index is 0.0594. The lowest BCUT2D eigenvalue weighted by Gasteiger charge is -2.30. The zero-order chi connectivity index (χ0) is 14.8. The Kier molecular flexibility index (Phi) is 4.67. The van der Waals surface area contributed by atoms with Gasteiger partial charge in [-0.3, -0.25) is 4.79 Å². The highest BCUT2D eigenvalue weighted by atomic mass is 35.5. The number of hydrogen-bond donors (Lipinski definition) is 1. The molecule has 0 unspecified atom stereocenters. The quantitative estimate of drug-likeness (QED) is 0.924. The van der Waals surface area contributed by atoms with E-state index in [2.05, 4.69) is 0 Å². The predicted octanol–water partition coefficient (Wildman–Crippen LogP) is 2.22. The first kappa shape index (κ1) is 15.3. The molecule has 1 heterocycles. The van der Waals surface area contributed by atoms with Gasteiger partial charge in [0.25, 0.3) is 0 Å². The molecule has 0 saturated carbocycles. The van der Waals surface area contributed by atoms with Gasteiger partial charge in [-0.25, -0.2) is 8.42 Å². The molecular weight excluding hydrogens is 302 g/mol. The van der Waals surface area contributed by atoms with Gasteiger partial charge in [0.15, 0.2) is 0 Å². The number of rotatable bonds is 4. The van der Waals surface area contributed by atoms with Crippen LogP contribution >= 0.6 is 11.6 Å². The van der Waals surface area contributed by atoms with Crippen LogP contribution in [0.25, 0.3) is 0 Å². The number of hydrogen-bond acceptors (Lipinski definition) is 3. The molecule has 7 heteroatoms. The molecule has 1 aliphatic rings. The number of aliphatic carboxylic acids is 1. The van der Waals surface area contributed by atoms with Gasteiger partial charge in [-0.15, -0.1) is 0 Å². The number of nitrogens with zero attached hydrogens (tertiary/aromatic N) is 1. The maximum Gasteiger partial charge on any atom is 0.303 e. The van der Waals surface area contributed by atoms with Crippen molar-refractivity contribution >= 4 is 27.6 Å². The van der Waals surface area contributed by atoms with Crippen LogP contribution in [0.5, 0.6) is 0 Å². The summed E-state index contributed by atoms with van der Waals surface area (Å²) in [5, 5.41) is 9.24. The zero-order valence-electron chi connectivity index (χ0n) is 10.8. The number of benzene rings is 1. The average molecular weight is 318 g/mol. The van der Waals surface area contributed by atoms with Crippen LogP contribution in [-0.4, -0.2) is 36.9 Å². The summed E-state index contributed by atoms with van der Waals surface area (Å²) in [6.07, 6.45) is 1.27. The van der Waals surface area contributed by atoms with E-state index in [1.807, 2.05) is 0 Å². The summed E-state index contributed by atoms with van der Waals surface area (Å²) in [5.74, 6) is -0.770. The fraction of sp³-hybridized carbons (Fsp3) is 0.462. The molecular formula is C13H16ClNO4S. The van der Waals surface area contributed by atoms with Crippen LogP contribution in [0.4, 0.5) is 0 Å².